The van der Waals surface area contributed by atoms with Crippen molar-refractivity contribution in [1.29, 1.82) is 0 Å². The van der Waals surface area contributed by atoms with E-state index in [0.29, 0.717) is 5.92 Å². The van der Waals surface area contributed by atoms with Gasteiger partial charge in [0.25, 0.3) is 0 Å². The molecular formula is C11H21O2-. The van der Waals surface area contributed by atoms with Crippen LogP contribution in [-0.4, -0.2) is 5.97 Å². The maximum atomic E-state index is 10.1. The standard InChI is InChI=1S/C11H22O2/c1-3-4-5-7-10(2)8-6-9-11(12)13/h10H,3-9H2,1-2H3,(H,12,13)/p-1. The average Bonchev–Trinajstić information content (AvgIpc) is 2.04. The lowest BCUT2D eigenvalue weighted by molar-refractivity contribution is -0.305. The third-order valence-corrected chi connectivity index (χ3v) is 2.38. The molecular weight excluding hydrogens is 164 g/mol. The van der Waals surface area contributed by atoms with Crippen molar-refractivity contribution in [1.82, 2.24) is 0 Å². The number of carboxylic acid groups (broad SMARTS) is 1. The van der Waals surface area contributed by atoms with Crippen LogP contribution in [0.5, 0.6) is 0 Å². The highest BCUT2D eigenvalue weighted by Gasteiger charge is 2.01. The summed E-state index contributed by atoms with van der Waals surface area (Å²) in [6.07, 6.45) is 7.09. The molecule has 0 radical (unpaired) electrons. The number of aliphatic carboxylic acids is 1. The Labute approximate surface area is 81.3 Å². The summed E-state index contributed by atoms with van der Waals surface area (Å²) in [4.78, 5) is 10.1. The molecule has 1 unspecified atom stereocenters. The Balaban J connectivity index is 3.19. The lowest BCUT2D eigenvalue weighted by atomic mass is 9.97. The summed E-state index contributed by atoms with van der Waals surface area (Å²) >= 11 is 0. The van der Waals surface area contributed by atoms with E-state index < -0.39 is 5.97 Å². The summed E-state index contributed by atoms with van der Waals surface area (Å²) < 4.78 is 0. The predicted molar refractivity (Wildman–Crippen MR) is 52.2 cm³/mol. The molecule has 0 aliphatic rings. The van der Waals surface area contributed by atoms with Crippen LogP contribution in [0.1, 0.15) is 58.8 Å². The number of hydrogen-bond donors (Lipinski definition) is 0. The van der Waals surface area contributed by atoms with Crippen LogP contribution in [0, 0.1) is 5.92 Å². The van der Waals surface area contributed by atoms with Crippen molar-refractivity contribution in [2.24, 2.45) is 5.92 Å². The molecule has 1 atom stereocenters. The van der Waals surface area contributed by atoms with Crippen molar-refractivity contribution >= 4 is 5.97 Å². The Morgan fingerprint density at radius 1 is 1.23 bits per heavy atom. The van der Waals surface area contributed by atoms with Crippen molar-refractivity contribution in [2.45, 2.75) is 58.8 Å². The summed E-state index contributed by atoms with van der Waals surface area (Å²) in [6, 6.07) is 0. The fourth-order valence-corrected chi connectivity index (χ4v) is 1.48. The van der Waals surface area contributed by atoms with Crippen LogP contribution >= 0.6 is 0 Å². The highest BCUT2D eigenvalue weighted by molar-refractivity contribution is 5.64. The van der Waals surface area contributed by atoms with Gasteiger partial charge in [-0.05, 0) is 18.8 Å². The van der Waals surface area contributed by atoms with Gasteiger partial charge in [-0.3, -0.25) is 0 Å². The number of rotatable bonds is 8. The van der Waals surface area contributed by atoms with E-state index in [1.54, 1.807) is 0 Å². The predicted octanol–water partition coefficient (Wildman–Crippen LogP) is 2.12. The highest BCUT2D eigenvalue weighted by atomic mass is 16.4. The first-order valence-corrected chi connectivity index (χ1v) is 5.36. The van der Waals surface area contributed by atoms with Gasteiger partial charge in [0.1, 0.15) is 0 Å². The van der Waals surface area contributed by atoms with Gasteiger partial charge in [-0.25, -0.2) is 0 Å². The van der Waals surface area contributed by atoms with Crippen LogP contribution in [0.25, 0.3) is 0 Å². The smallest absolute Gasteiger partial charge is 0.0414 e. The normalized spacial score (nSPS) is 12.8. The highest BCUT2D eigenvalue weighted by Crippen LogP contribution is 2.15. The maximum absolute atomic E-state index is 10.1. The molecule has 0 fully saturated rings. The topological polar surface area (TPSA) is 40.1 Å². The lowest BCUT2D eigenvalue weighted by Gasteiger charge is -2.10. The largest absolute Gasteiger partial charge is 0.550 e. The molecule has 0 N–H and O–H groups in total. The third kappa shape index (κ3) is 9.38. The van der Waals surface area contributed by atoms with E-state index in [2.05, 4.69) is 13.8 Å². The van der Waals surface area contributed by atoms with Crippen LogP contribution in [0.3, 0.4) is 0 Å². The summed E-state index contributed by atoms with van der Waals surface area (Å²) in [6.45, 7) is 4.39. The summed E-state index contributed by atoms with van der Waals surface area (Å²) in [5.74, 6) is -0.244. The molecule has 2 nitrogen and oxygen atoms in total. The second-order valence-electron chi connectivity index (χ2n) is 3.87. The fraction of sp³-hybridized carbons (Fsp3) is 0.909. The second-order valence-corrected chi connectivity index (χ2v) is 3.87. The lowest BCUT2D eigenvalue weighted by Crippen LogP contribution is -2.21. The number of hydrogen-bond acceptors (Lipinski definition) is 2. The van der Waals surface area contributed by atoms with Crippen LogP contribution in [-0.2, 0) is 4.79 Å². The zero-order chi connectivity index (χ0) is 10.1. The molecule has 0 aromatic carbocycles. The molecule has 0 aliphatic heterocycles. The van der Waals surface area contributed by atoms with Gasteiger partial charge in [-0.1, -0.05) is 46.0 Å². The van der Waals surface area contributed by atoms with Crippen LogP contribution in [0.15, 0.2) is 0 Å². The minimum Gasteiger partial charge on any atom is -0.550 e. The van der Waals surface area contributed by atoms with E-state index in [-0.39, 0.29) is 6.42 Å². The van der Waals surface area contributed by atoms with Gasteiger partial charge in [-0.15, -0.1) is 0 Å². The molecule has 13 heavy (non-hydrogen) atoms. The zero-order valence-electron chi connectivity index (χ0n) is 8.84. The maximum Gasteiger partial charge on any atom is 0.0414 e. The molecule has 2 heteroatoms. The molecule has 0 saturated carbocycles. The van der Waals surface area contributed by atoms with Crippen LogP contribution in [0.4, 0.5) is 0 Å². The van der Waals surface area contributed by atoms with Gasteiger partial charge < -0.3 is 9.90 Å². The van der Waals surface area contributed by atoms with Gasteiger partial charge >= 0.3 is 0 Å². The molecule has 0 rings (SSSR count). The van der Waals surface area contributed by atoms with Crippen molar-refractivity contribution in [2.75, 3.05) is 0 Å². The van der Waals surface area contributed by atoms with Crippen molar-refractivity contribution in [3.8, 4) is 0 Å². The van der Waals surface area contributed by atoms with Gasteiger partial charge in [0.05, 0.1) is 0 Å². The first-order valence-electron chi connectivity index (χ1n) is 5.36. The Bertz CT molecular complexity index is 132. The van der Waals surface area contributed by atoms with Crippen LogP contribution < -0.4 is 5.11 Å². The number of unbranched alkanes of at least 4 members (excludes halogenated alkanes) is 2. The van der Waals surface area contributed by atoms with Crippen molar-refractivity contribution < 1.29 is 9.90 Å². The first-order chi connectivity index (χ1) is 6.16. The molecule has 0 spiro atoms. The summed E-state index contributed by atoms with van der Waals surface area (Å²) in [7, 11) is 0. The Kier molecular flexibility index (Phi) is 7.76. The van der Waals surface area contributed by atoms with Gasteiger partial charge in [0.15, 0.2) is 0 Å². The molecule has 0 aromatic heterocycles. The van der Waals surface area contributed by atoms with E-state index in [1.807, 2.05) is 0 Å². The molecule has 0 bridgehead atoms. The molecule has 0 amide bonds. The quantitative estimate of drug-likeness (QED) is 0.543. The van der Waals surface area contributed by atoms with Crippen molar-refractivity contribution in [3.05, 3.63) is 0 Å². The van der Waals surface area contributed by atoms with E-state index in [9.17, 15) is 9.90 Å². The minimum atomic E-state index is -0.916. The average molecular weight is 185 g/mol. The first kappa shape index (κ1) is 12.5. The van der Waals surface area contributed by atoms with Gasteiger partial charge in [-0.2, -0.15) is 0 Å². The van der Waals surface area contributed by atoms with E-state index in [4.69, 9.17) is 0 Å². The summed E-state index contributed by atoms with van der Waals surface area (Å²) in [5, 5.41) is 10.1. The molecule has 0 aliphatic carbocycles. The molecule has 78 valence electrons. The Hall–Kier alpha value is -0.530. The monoisotopic (exact) mass is 185 g/mol. The van der Waals surface area contributed by atoms with E-state index in [0.717, 1.165) is 12.8 Å². The summed E-state index contributed by atoms with van der Waals surface area (Å²) in [5.41, 5.74) is 0. The zero-order valence-corrected chi connectivity index (χ0v) is 8.84. The van der Waals surface area contributed by atoms with Crippen molar-refractivity contribution in [3.63, 3.8) is 0 Å². The Morgan fingerprint density at radius 2 is 1.85 bits per heavy atom. The Morgan fingerprint density at radius 3 is 2.38 bits per heavy atom. The molecule has 0 aromatic rings. The molecule has 0 saturated heterocycles. The van der Waals surface area contributed by atoms with Crippen LogP contribution in [0.2, 0.25) is 0 Å². The minimum absolute atomic E-state index is 0.220. The fourth-order valence-electron chi connectivity index (χ4n) is 1.48. The third-order valence-electron chi connectivity index (χ3n) is 2.38. The van der Waals surface area contributed by atoms with E-state index >= 15 is 0 Å². The van der Waals surface area contributed by atoms with Gasteiger partial charge in [0.2, 0.25) is 0 Å². The van der Waals surface area contributed by atoms with Gasteiger partial charge in [0, 0.05) is 5.97 Å². The number of carbonyl (C=O) groups excluding carboxylic acids is 1. The molecule has 0 heterocycles. The van der Waals surface area contributed by atoms with E-state index in [1.165, 1.54) is 25.7 Å². The SMILES string of the molecule is CCCCCC(C)CCCC(=O)[O-]. The second kappa shape index (κ2) is 8.09. The number of carbonyl (C=O) groups is 1. The number of carboxylic acids is 1.